The molecule has 18 heavy (non-hydrogen) atoms. The number of rotatable bonds is 6. The first kappa shape index (κ1) is 14.5. The number of carbonyl (C=O) groups is 2. The standard InChI is InChI=1S/C12H16N2O3S/c1-17-8-11(15)13-6-7-14-12(16)9-4-2-3-5-10(9)18/h2-5,18H,6-8H2,1H3,(H,13,15)(H,14,16). The third kappa shape index (κ3) is 4.77. The number of benzene rings is 1. The van der Waals surface area contributed by atoms with Crippen molar-refractivity contribution in [2.45, 2.75) is 4.90 Å². The van der Waals surface area contributed by atoms with Gasteiger partial charge in [0.15, 0.2) is 0 Å². The van der Waals surface area contributed by atoms with Gasteiger partial charge in [0.05, 0.1) is 5.56 Å². The van der Waals surface area contributed by atoms with Crippen LogP contribution in [0.5, 0.6) is 0 Å². The molecule has 0 saturated heterocycles. The minimum atomic E-state index is -0.207. The number of hydrogen-bond acceptors (Lipinski definition) is 4. The summed E-state index contributed by atoms with van der Waals surface area (Å²) in [7, 11) is 1.45. The van der Waals surface area contributed by atoms with Crippen molar-refractivity contribution in [3.05, 3.63) is 29.8 Å². The van der Waals surface area contributed by atoms with E-state index in [4.69, 9.17) is 0 Å². The molecule has 0 unspecified atom stereocenters. The monoisotopic (exact) mass is 268 g/mol. The molecule has 0 aliphatic rings. The van der Waals surface area contributed by atoms with Crippen LogP contribution in [0.2, 0.25) is 0 Å². The van der Waals surface area contributed by atoms with E-state index < -0.39 is 0 Å². The Hall–Kier alpha value is -1.53. The highest BCUT2D eigenvalue weighted by atomic mass is 32.1. The smallest absolute Gasteiger partial charge is 0.252 e. The lowest BCUT2D eigenvalue weighted by Gasteiger charge is -2.08. The van der Waals surface area contributed by atoms with Gasteiger partial charge >= 0.3 is 0 Å². The first-order valence-electron chi connectivity index (χ1n) is 5.47. The number of methoxy groups -OCH3 is 1. The summed E-state index contributed by atoms with van der Waals surface area (Å²) in [5, 5.41) is 5.30. The van der Waals surface area contributed by atoms with Gasteiger partial charge in [-0.25, -0.2) is 0 Å². The van der Waals surface area contributed by atoms with Crippen molar-refractivity contribution in [1.29, 1.82) is 0 Å². The number of nitrogens with one attached hydrogen (secondary N) is 2. The van der Waals surface area contributed by atoms with Gasteiger partial charge in [0, 0.05) is 25.1 Å². The molecular formula is C12H16N2O3S. The average molecular weight is 268 g/mol. The van der Waals surface area contributed by atoms with E-state index in [-0.39, 0.29) is 18.4 Å². The quantitative estimate of drug-likeness (QED) is 0.519. The summed E-state index contributed by atoms with van der Waals surface area (Å²) < 4.78 is 4.66. The van der Waals surface area contributed by atoms with Crippen molar-refractivity contribution >= 4 is 24.4 Å². The molecule has 0 radical (unpaired) electrons. The zero-order valence-electron chi connectivity index (χ0n) is 10.1. The number of ether oxygens (including phenoxy) is 1. The summed E-state index contributed by atoms with van der Waals surface area (Å²) in [6, 6.07) is 7.03. The largest absolute Gasteiger partial charge is 0.375 e. The fourth-order valence-electron chi connectivity index (χ4n) is 1.32. The van der Waals surface area contributed by atoms with Crippen molar-refractivity contribution in [2.24, 2.45) is 0 Å². The van der Waals surface area contributed by atoms with Crippen LogP contribution in [0.1, 0.15) is 10.4 Å². The summed E-state index contributed by atoms with van der Waals surface area (Å²) in [6.45, 7) is 0.743. The summed E-state index contributed by atoms with van der Waals surface area (Å²) in [4.78, 5) is 23.4. The number of carbonyl (C=O) groups excluding carboxylic acids is 2. The van der Waals surface area contributed by atoms with E-state index in [0.29, 0.717) is 23.5 Å². The number of hydrogen-bond donors (Lipinski definition) is 3. The first-order chi connectivity index (χ1) is 8.65. The average Bonchev–Trinajstić information content (AvgIpc) is 2.35. The van der Waals surface area contributed by atoms with Crippen LogP contribution in [-0.4, -0.2) is 38.6 Å². The summed E-state index contributed by atoms with van der Waals surface area (Å²) in [5.41, 5.74) is 0.518. The van der Waals surface area contributed by atoms with Gasteiger partial charge in [-0.3, -0.25) is 9.59 Å². The van der Waals surface area contributed by atoms with E-state index >= 15 is 0 Å². The highest BCUT2D eigenvalue weighted by Crippen LogP contribution is 2.12. The fourth-order valence-corrected chi connectivity index (χ4v) is 1.58. The van der Waals surface area contributed by atoms with Gasteiger partial charge in [-0.2, -0.15) is 0 Å². The summed E-state index contributed by atoms with van der Waals surface area (Å²) >= 11 is 4.20. The number of amides is 2. The second-order valence-corrected chi connectivity index (χ2v) is 4.04. The molecule has 0 aromatic heterocycles. The van der Waals surface area contributed by atoms with Crippen molar-refractivity contribution in [2.75, 3.05) is 26.8 Å². The van der Waals surface area contributed by atoms with E-state index in [2.05, 4.69) is 28.0 Å². The van der Waals surface area contributed by atoms with Crippen molar-refractivity contribution in [3.8, 4) is 0 Å². The van der Waals surface area contributed by atoms with Crippen molar-refractivity contribution < 1.29 is 14.3 Å². The van der Waals surface area contributed by atoms with Gasteiger partial charge in [0.2, 0.25) is 5.91 Å². The van der Waals surface area contributed by atoms with Gasteiger partial charge in [-0.05, 0) is 12.1 Å². The zero-order valence-corrected chi connectivity index (χ0v) is 11.0. The van der Waals surface area contributed by atoms with Crippen LogP contribution in [0.3, 0.4) is 0 Å². The van der Waals surface area contributed by atoms with E-state index in [9.17, 15) is 9.59 Å². The molecule has 5 nitrogen and oxygen atoms in total. The minimum absolute atomic E-state index is 0.0212. The normalized spacial score (nSPS) is 9.89. The van der Waals surface area contributed by atoms with Crippen LogP contribution in [-0.2, 0) is 9.53 Å². The highest BCUT2D eigenvalue weighted by molar-refractivity contribution is 7.80. The Bertz CT molecular complexity index is 424. The van der Waals surface area contributed by atoms with Crippen molar-refractivity contribution in [1.82, 2.24) is 10.6 Å². The van der Waals surface area contributed by atoms with Crippen LogP contribution in [0.4, 0.5) is 0 Å². The second kappa shape index (κ2) is 7.73. The predicted molar refractivity (Wildman–Crippen MR) is 70.9 cm³/mol. The van der Waals surface area contributed by atoms with E-state index in [1.54, 1.807) is 18.2 Å². The molecule has 0 aliphatic carbocycles. The van der Waals surface area contributed by atoms with Crippen molar-refractivity contribution in [3.63, 3.8) is 0 Å². The van der Waals surface area contributed by atoms with Crippen LogP contribution in [0.15, 0.2) is 29.2 Å². The minimum Gasteiger partial charge on any atom is -0.375 e. The molecule has 1 rings (SSSR count). The Labute approximate surface area is 111 Å². The maximum absolute atomic E-state index is 11.7. The topological polar surface area (TPSA) is 67.4 Å². The summed E-state index contributed by atoms with van der Waals surface area (Å²) in [6.07, 6.45) is 0. The Morgan fingerprint density at radius 3 is 2.56 bits per heavy atom. The van der Waals surface area contributed by atoms with Crippen LogP contribution >= 0.6 is 12.6 Å². The third-order valence-electron chi connectivity index (χ3n) is 2.16. The van der Waals surface area contributed by atoms with Gasteiger partial charge in [-0.15, -0.1) is 12.6 Å². The van der Waals surface area contributed by atoms with Gasteiger partial charge < -0.3 is 15.4 Å². The van der Waals surface area contributed by atoms with Crippen LogP contribution in [0.25, 0.3) is 0 Å². The van der Waals surface area contributed by atoms with E-state index in [1.165, 1.54) is 7.11 Å². The first-order valence-corrected chi connectivity index (χ1v) is 5.91. The number of thiol groups is 1. The molecule has 0 fully saturated rings. The Morgan fingerprint density at radius 1 is 1.22 bits per heavy atom. The Kier molecular flexibility index (Phi) is 6.24. The molecule has 6 heteroatoms. The molecule has 98 valence electrons. The molecule has 0 heterocycles. The third-order valence-corrected chi connectivity index (χ3v) is 2.55. The zero-order chi connectivity index (χ0) is 13.4. The lowest BCUT2D eigenvalue weighted by atomic mass is 10.2. The molecule has 0 bridgehead atoms. The van der Waals surface area contributed by atoms with Gasteiger partial charge in [0.25, 0.3) is 5.91 Å². The molecule has 0 spiro atoms. The molecule has 2 amide bonds. The molecule has 1 aromatic rings. The highest BCUT2D eigenvalue weighted by Gasteiger charge is 2.07. The predicted octanol–water partition coefficient (Wildman–Crippen LogP) is 0.468. The maximum Gasteiger partial charge on any atom is 0.252 e. The Morgan fingerprint density at radius 2 is 1.89 bits per heavy atom. The molecule has 0 saturated carbocycles. The molecule has 1 aromatic carbocycles. The van der Waals surface area contributed by atoms with Gasteiger partial charge in [-0.1, -0.05) is 12.1 Å². The fraction of sp³-hybridized carbons (Fsp3) is 0.333. The lowest BCUT2D eigenvalue weighted by Crippen LogP contribution is -2.36. The molecule has 2 N–H and O–H groups in total. The van der Waals surface area contributed by atoms with Crippen LogP contribution < -0.4 is 10.6 Å². The Balaban J connectivity index is 2.30. The second-order valence-electron chi connectivity index (χ2n) is 3.56. The molecular weight excluding hydrogens is 252 g/mol. The summed E-state index contributed by atoms with van der Waals surface area (Å²) in [5.74, 6) is -0.414. The maximum atomic E-state index is 11.7. The molecule has 0 atom stereocenters. The van der Waals surface area contributed by atoms with Crippen LogP contribution in [0, 0.1) is 0 Å². The van der Waals surface area contributed by atoms with Gasteiger partial charge in [0.1, 0.15) is 6.61 Å². The van der Waals surface area contributed by atoms with E-state index in [1.807, 2.05) is 6.07 Å². The SMILES string of the molecule is COCC(=O)NCCNC(=O)c1ccccc1S. The lowest BCUT2D eigenvalue weighted by molar-refractivity contribution is -0.124. The molecule has 0 aliphatic heterocycles. The van der Waals surface area contributed by atoms with E-state index in [0.717, 1.165) is 0 Å².